The van der Waals surface area contributed by atoms with Crippen LogP contribution in [0.5, 0.6) is 5.75 Å². The molecule has 0 aliphatic carbocycles. The first kappa shape index (κ1) is 21.0. The second-order valence-electron chi connectivity index (χ2n) is 6.75. The number of hydrogen-bond acceptors (Lipinski definition) is 6. The first-order valence-corrected chi connectivity index (χ1v) is 9.28. The molecule has 9 heteroatoms. The van der Waals surface area contributed by atoms with Crippen molar-refractivity contribution < 1.29 is 19.1 Å². The number of phenolic OH excluding ortho intramolecular Hbond substituents is 1. The number of aromatic hydroxyl groups is 1. The van der Waals surface area contributed by atoms with Gasteiger partial charge in [0.25, 0.3) is 11.8 Å². The number of nitriles is 1. The molecule has 2 amide bonds. The van der Waals surface area contributed by atoms with Crippen LogP contribution in [0.1, 0.15) is 21.5 Å². The molecule has 1 heterocycles. The molecule has 0 radical (unpaired) electrons. The fourth-order valence-electron chi connectivity index (χ4n) is 3.02. The summed E-state index contributed by atoms with van der Waals surface area (Å²) in [5, 5.41) is 22.2. The molecule has 0 spiro atoms. The lowest BCUT2D eigenvalue weighted by atomic mass is 10.1. The second kappa shape index (κ2) is 9.62. The average molecular weight is 409 g/mol. The second-order valence-corrected chi connectivity index (χ2v) is 6.75. The van der Waals surface area contributed by atoms with Crippen LogP contribution < -0.4 is 5.43 Å². The topological polar surface area (TPSA) is 109 Å². The third-order valence-corrected chi connectivity index (χ3v) is 4.67. The van der Waals surface area contributed by atoms with Crippen LogP contribution in [0, 0.1) is 17.1 Å². The van der Waals surface area contributed by atoms with Crippen LogP contribution in [0.4, 0.5) is 4.39 Å². The van der Waals surface area contributed by atoms with E-state index >= 15 is 0 Å². The van der Waals surface area contributed by atoms with Crippen LogP contribution in [0.15, 0.2) is 47.6 Å². The van der Waals surface area contributed by atoms with E-state index in [-0.39, 0.29) is 29.7 Å². The van der Waals surface area contributed by atoms with Gasteiger partial charge in [-0.25, -0.2) is 9.82 Å². The van der Waals surface area contributed by atoms with Gasteiger partial charge in [-0.05, 0) is 42.5 Å². The number of hydrogen-bond donors (Lipinski definition) is 2. The Kier molecular flexibility index (Phi) is 6.72. The molecule has 1 saturated heterocycles. The van der Waals surface area contributed by atoms with Crippen LogP contribution in [0.2, 0.25) is 0 Å². The van der Waals surface area contributed by atoms with Crippen LogP contribution in [-0.4, -0.2) is 65.7 Å². The molecular weight excluding hydrogens is 389 g/mol. The molecule has 2 aromatic carbocycles. The molecule has 2 N–H and O–H groups in total. The molecule has 3 rings (SSSR count). The molecule has 8 nitrogen and oxygen atoms in total. The van der Waals surface area contributed by atoms with Crippen molar-refractivity contribution in [3.05, 3.63) is 65.0 Å². The molecule has 0 atom stereocenters. The Hall–Kier alpha value is -3.77. The van der Waals surface area contributed by atoms with Crippen molar-refractivity contribution >= 4 is 18.0 Å². The zero-order valence-electron chi connectivity index (χ0n) is 16.1. The van der Waals surface area contributed by atoms with Crippen LogP contribution >= 0.6 is 0 Å². The Morgan fingerprint density at radius 3 is 2.53 bits per heavy atom. The van der Waals surface area contributed by atoms with Gasteiger partial charge in [-0.3, -0.25) is 14.5 Å². The highest BCUT2D eigenvalue weighted by molar-refractivity contribution is 5.94. The van der Waals surface area contributed by atoms with Crippen LogP contribution in [-0.2, 0) is 4.79 Å². The Morgan fingerprint density at radius 2 is 1.87 bits per heavy atom. The number of nitrogens with one attached hydrogen (secondary N) is 1. The normalized spacial score (nSPS) is 14.5. The molecule has 0 unspecified atom stereocenters. The maximum absolute atomic E-state index is 13.2. The summed E-state index contributed by atoms with van der Waals surface area (Å²) < 4.78 is 13.2. The third-order valence-electron chi connectivity index (χ3n) is 4.67. The van der Waals surface area contributed by atoms with Gasteiger partial charge in [-0.1, -0.05) is 0 Å². The van der Waals surface area contributed by atoms with Gasteiger partial charge < -0.3 is 10.0 Å². The lowest BCUT2D eigenvalue weighted by Gasteiger charge is -2.34. The Labute approximate surface area is 172 Å². The summed E-state index contributed by atoms with van der Waals surface area (Å²) in [5.74, 6) is -1.12. The maximum Gasteiger partial charge on any atom is 0.254 e. The first-order chi connectivity index (χ1) is 14.5. The lowest BCUT2D eigenvalue weighted by Crippen LogP contribution is -2.50. The van der Waals surface area contributed by atoms with Gasteiger partial charge in [-0.2, -0.15) is 10.4 Å². The van der Waals surface area contributed by atoms with Crippen molar-refractivity contribution in [1.29, 1.82) is 5.26 Å². The first-order valence-electron chi connectivity index (χ1n) is 9.28. The monoisotopic (exact) mass is 409 g/mol. The van der Waals surface area contributed by atoms with Crippen LogP contribution in [0.3, 0.4) is 0 Å². The van der Waals surface area contributed by atoms with E-state index in [1.165, 1.54) is 12.3 Å². The highest BCUT2D eigenvalue weighted by Gasteiger charge is 2.23. The third kappa shape index (κ3) is 5.40. The largest absolute Gasteiger partial charge is 0.507 e. The summed E-state index contributed by atoms with van der Waals surface area (Å²) in [4.78, 5) is 28.2. The van der Waals surface area contributed by atoms with Gasteiger partial charge in [0.1, 0.15) is 11.6 Å². The molecule has 0 bridgehead atoms. The molecule has 1 fully saturated rings. The number of amides is 2. The van der Waals surface area contributed by atoms with Gasteiger partial charge in [0.2, 0.25) is 0 Å². The molecule has 1 aliphatic heterocycles. The summed E-state index contributed by atoms with van der Waals surface area (Å²) >= 11 is 0. The summed E-state index contributed by atoms with van der Waals surface area (Å²) in [6.45, 7) is 2.12. The van der Waals surface area contributed by atoms with Crippen molar-refractivity contribution in [1.82, 2.24) is 15.2 Å². The number of hydrazone groups is 1. The van der Waals surface area contributed by atoms with Crippen molar-refractivity contribution in [2.45, 2.75) is 0 Å². The summed E-state index contributed by atoms with van der Waals surface area (Å²) in [6, 6.07) is 11.9. The minimum Gasteiger partial charge on any atom is -0.507 e. The maximum atomic E-state index is 13.2. The average Bonchev–Trinajstić information content (AvgIpc) is 2.76. The predicted molar refractivity (Wildman–Crippen MR) is 107 cm³/mol. The van der Waals surface area contributed by atoms with Gasteiger partial charge in [0.15, 0.2) is 0 Å². The lowest BCUT2D eigenvalue weighted by molar-refractivity contribution is -0.122. The minimum absolute atomic E-state index is 0.103. The number of carbonyl (C=O) groups is 2. The molecule has 30 heavy (non-hydrogen) atoms. The number of piperazine rings is 1. The molecule has 2 aromatic rings. The fourth-order valence-corrected chi connectivity index (χ4v) is 3.02. The Morgan fingerprint density at radius 1 is 1.17 bits per heavy atom. The van der Waals surface area contributed by atoms with E-state index in [2.05, 4.69) is 10.5 Å². The Balaban J connectivity index is 1.45. The molecule has 154 valence electrons. The van der Waals surface area contributed by atoms with Crippen molar-refractivity contribution in [2.75, 3.05) is 32.7 Å². The van der Waals surface area contributed by atoms with Crippen molar-refractivity contribution in [3.8, 4) is 11.8 Å². The Bertz CT molecular complexity index is 993. The molecular formula is C21H20FN5O3. The fraction of sp³-hybridized carbons (Fsp3) is 0.238. The molecule has 0 saturated carbocycles. The molecule has 0 aromatic heterocycles. The quantitative estimate of drug-likeness (QED) is 0.572. The zero-order valence-corrected chi connectivity index (χ0v) is 16.1. The predicted octanol–water partition coefficient (Wildman–Crippen LogP) is 1.31. The van der Waals surface area contributed by atoms with Gasteiger partial charge in [-0.15, -0.1) is 0 Å². The zero-order chi connectivity index (χ0) is 21.5. The summed E-state index contributed by atoms with van der Waals surface area (Å²) in [6.07, 6.45) is 1.17. The van der Waals surface area contributed by atoms with E-state index in [1.807, 2.05) is 11.0 Å². The molecule has 1 aliphatic rings. The minimum atomic E-state index is -0.519. The van der Waals surface area contributed by atoms with E-state index in [4.69, 9.17) is 5.26 Å². The number of nitrogens with zero attached hydrogens (tertiary/aromatic N) is 4. The van der Waals surface area contributed by atoms with E-state index in [0.29, 0.717) is 37.3 Å². The standard InChI is InChI=1S/C21H20FN5O3/c22-18-5-6-19(28)17(11-18)13-24-25-20(29)14-26-7-9-27(10-8-26)21(30)16-3-1-15(12-23)2-4-16/h1-6,11,13,28H,7-10,14H2,(H,25,29)/b24-13+. The smallest absolute Gasteiger partial charge is 0.254 e. The van der Waals surface area contributed by atoms with Crippen molar-refractivity contribution in [3.63, 3.8) is 0 Å². The number of benzene rings is 2. The highest BCUT2D eigenvalue weighted by atomic mass is 19.1. The highest BCUT2D eigenvalue weighted by Crippen LogP contribution is 2.15. The van der Waals surface area contributed by atoms with E-state index in [1.54, 1.807) is 29.2 Å². The summed E-state index contributed by atoms with van der Waals surface area (Å²) in [5.41, 5.74) is 3.52. The summed E-state index contributed by atoms with van der Waals surface area (Å²) in [7, 11) is 0. The van der Waals surface area contributed by atoms with Gasteiger partial charge in [0.05, 0.1) is 24.4 Å². The number of carbonyl (C=O) groups excluding carboxylic acids is 2. The number of phenols is 1. The van der Waals surface area contributed by atoms with Gasteiger partial charge >= 0.3 is 0 Å². The van der Waals surface area contributed by atoms with E-state index in [9.17, 15) is 19.1 Å². The number of halogens is 1. The SMILES string of the molecule is N#Cc1ccc(C(=O)N2CCN(CC(=O)N/N=C/c3cc(F)ccc3O)CC2)cc1. The van der Waals surface area contributed by atoms with E-state index in [0.717, 1.165) is 12.1 Å². The number of rotatable bonds is 5. The van der Waals surface area contributed by atoms with Crippen molar-refractivity contribution in [2.24, 2.45) is 5.10 Å². The van der Waals surface area contributed by atoms with Crippen LogP contribution in [0.25, 0.3) is 0 Å². The van der Waals surface area contributed by atoms with E-state index < -0.39 is 5.82 Å². The van der Waals surface area contributed by atoms with Gasteiger partial charge in [0, 0.05) is 37.3 Å².